The maximum absolute atomic E-state index is 11.8. The Kier molecular flexibility index (Phi) is 4.44. The second-order valence-corrected chi connectivity index (χ2v) is 4.18. The summed E-state index contributed by atoms with van der Waals surface area (Å²) in [5, 5.41) is 11.1. The van der Waals surface area contributed by atoms with Gasteiger partial charge in [-0.15, -0.1) is 0 Å². The van der Waals surface area contributed by atoms with Crippen LogP contribution in [0.1, 0.15) is 22.0 Å². The van der Waals surface area contributed by atoms with E-state index in [0.29, 0.717) is 11.1 Å². The van der Waals surface area contributed by atoms with Gasteiger partial charge in [0.1, 0.15) is 0 Å². The molecule has 0 saturated carbocycles. The van der Waals surface area contributed by atoms with Crippen molar-refractivity contribution in [2.24, 2.45) is 0 Å². The SMILES string of the molecule is O=C(OCC(c1ccccc1)[N+](=O)[O-])c1ccccc1. The van der Waals surface area contributed by atoms with Crippen molar-refractivity contribution < 1.29 is 14.5 Å². The van der Waals surface area contributed by atoms with Gasteiger partial charge in [-0.3, -0.25) is 10.1 Å². The number of hydrogen-bond donors (Lipinski definition) is 0. The first-order valence-corrected chi connectivity index (χ1v) is 6.09. The maximum Gasteiger partial charge on any atom is 0.338 e. The second kappa shape index (κ2) is 6.47. The molecule has 0 bridgehead atoms. The fraction of sp³-hybridized carbons (Fsp3) is 0.133. The number of nitro groups is 1. The van der Waals surface area contributed by atoms with Gasteiger partial charge in [-0.2, -0.15) is 0 Å². The molecule has 2 aromatic carbocycles. The van der Waals surface area contributed by atoms with Gasteiger partial charge in [0, 0.05) is 10.5 Å². The van der Waals surface area contributed by atoms with Gasteiger partial charge in [-0.05, 0) is 12.1 Å². The molecule has 102 valence electrons. The molecule has 0 spiro atoms. The summed E-state index contributed by atoms with van der Waals surface area (Å²) in [6.45, 7) is -0.287. The van der Waals surface area contributed by atoms with E-state index in [1.807, 2.05) is 0 Å². The Hall–Kier alpha value is -2.69. The zero-order chi connectivity index (χ0) is 14.4. The first kappa shape index (κ1) is 13.7. The number of ether oxygens (including phenoxy) is 1. The minimum absolute atomic E-state index is 0.287. The number of esters is 1. The minimum atomic E-state index is -1.05. The molecular formula is C15H13NO4. The summed E-state index contributed by atoms with van der Waals surface area (Å²) in [7, 11) is 0. The Bertz CT molecular complexity index is 583. The predicted octanol–water partition coefficient (Wildman–Crippen LogP) is 2.86. The summed E-state index contributed by atoms with van der Waals surface area (Å²) in [4.78, 5) is 22.4. The van der Waals surface area contributed by atoms with Gasteiger partial charge in [0.05, 0.1) is 5.56 Å². The summed E-state index contributed by atoms with van der Waals surface area (Å²) < 4.78 is 5.03. The van der Waals surface area contributed by atoms with Gasteiger partial charge in [0.15, 0.2) is 6.61 Å². The van der Waals surface area contributed by atoms with Crippen LogP contribution in [0.15, 0.2) is 60.7 Å². The molecule has 0 N–H and O–H groups in total. The Balaban J connectivity index is 2.04. The molecule has 0 radical (unpaired) electrons. The lowest BCUT2D eigenvalue weighted by atomic mass is 10.1. The molecule has 0 aliphatic heterocycles. The smallest absolute Gasteiger partial charge is 0.338 e. The largest absolute Gasteiger partial charge is 0.454 e. The van der Waals surface area contributed by atoms with E-state index in [1.54, 1.807) is 60.7 Å². The molecule has 0 aliphatic rings. The summed E-state index contributed by atoms with van der Waals surface area (Å²) in [5.41, 5.74) is 0.890. The average molecular weight is 271 g/mol. The number of rotatable bonds is 5. The van der Waals surface area contributed by atoms with Crippen LogP contribution in [-0.2, 0) is 4.74 Å². The van der Waals surface area contributed by atoms with E-state index in [-0.39, 0.29) is 6.61 Å². The molecule has 2 rings (SSSR count). The van der Waals surface area contributed by atoms with Crippen LogP contribution in [0, 0.1) is 10.1 Å². The van der Waals surface area contributed by atoms with Gasteiger partial charge in [0.2, 0.25) is 0 Å². The highest BCUT2D eigenvalue weighted by molar-refractivity contribution is 5.89. The van der Waals surface area contributed by atoms with Crippen LogP contribution in [0.4, 0.5) is 0 Å². The van der Waals surface area contributed by atoms with E-state index in [2.05, 4.69) is 0 Å². The van der Waals surface area contributed by atoms with Gasteiger partial charge in [0.25, 0.3) is 6.04 Å². The maximum atomic E-state index is 11.8. The quantitative estimate of drug-likeness (QED) is 0.476. The van der Waals surface area contributed by atoms with Crippen molar-refractivity contribution in [1.82, 2.24) is 0 Å². The highest BCUT2D eigenvalue weighted by Gasteiger charge is 2.24. The predicted molar refractivity (Wildman–Crippen MR) is 72.9 cm³/mol. The first-order chi connectivity index (χ1) is 9.68. The van der Waals surface area contributed by atoms with Crippen molar-refractivity contribution >= 4 is 5.97 Å². The third kappa shape index (κ3) is 3.41. The first-order valence-electron chi connectivity index (χ1n) is 6.09. The highest BCUT2D eigenvalue weighted by atomic mass is 16.6. The van der Waals surface area contributed by atoms with E-state index < -0.39 is 16.9 Å². The van der Waals surface area contributed by atoms with E-state index >= 15 is 0 Å². The van der Waals surface area contributed by atoms with Crippen LogP contribution in [0.5, 0.6) is 0 Å². The van der Waals surface area contributed by atoms with Crippen LogP contribution in [0.25, 0.3) is 0 Å². The summed E-state index contributed by atoms with van der Waals surface area (Å²) >= 11 is 0. The molecule has 5 heteroatoms. The van der Waals surface area contributed by atoms with Crippen molar-refractivity contribution in [3.05, 3.63) is 81.9 Å². The molecule has 0 heterocycles. The lowest BCUT2D eigenvalue weighted by molar-refractivity contribution is -0.531. The molecule has 5 nitrogen and oxygen atoms in total. The van der Waals surface area contributed by atoms with Crippen molar-refractivity contribution in [2.75, 3.05) is 6.61 Å². The molecule has 0 saturated heterocycles. The van der Waals surface area contributed by atoms with E-state index in [9.17, 15) is 14.9 Å². The molecule has 2 aromatic rings. The molecule has 0 aliphatic carbocycles. The molecule has 20 heavy (non-hydrogen) atoms. The third-order valence-corrected chi connectivity index (χ3v) is 2.82. The Labute approximate surface area is 116 Å². The lowest BCUT2D eigenvalue weighted by Crippen LogP contribution is -2.19. The summed E-state index contributed by atoms with van der Waals surface area (Å²) in [6.07, 6.45) is 0. The standard InChI is InChI=1S/C15H13NO4/c17-15(13-9-5-2-6-10-13)20-11-14(16(18)19)12-7-3-1-4-8-12/h1-10,14H,11H2. The molecule has 0 aromatic heterocycles. The fourth-order valence-electron chi connectivity index (χ4n) is 1.77. The van der Waals surface area contributed by atoms with Gasteiger partial charge < -0.3 is 4.74 Å². The van der Waals surface area contributed by atoms with Gasteiger partial charge >= 0.3 is 5.97 Å². The van der Waals surface area contributed by atoms with Gasteiger partial charge in [-0.1, -0.05) is 48.5 Å². The number of hydrogen-bond acceptors (Lipinski definition) is 4. The van der Waals surface area contributed by atoms with Crippen LogP contribution >= 0.6 is 0 Å². The highest BCUT2D eigenvalue weighted by Crippen LogP contribution is 2.17. The summed E-state index contributed by atoms with van der Waals surface area (Å²) in [5.74, 6) is -0.562. The molecular weight excluding hydrogens is 258 g/mol. The van der Waals surface area contributed by atoms with Crippen LogP contribution in [0.2, 0.25) is 0 Å². The zero-order valence-corrected chi connectivity index (χ0v) is 10.6. The number of nitrogens with zero attached hydrogens (tertiary/aromatic N) is 1. The number of carbonyl (C=O) groups is 1. The lowest BCUT2D eigenvalue weighted by Gasteiger charge is -2.10. The normalized spacial score (nSPS) is 11.6. The van der Waals surface area contributed by atoms with Crippen molar-refractivity contribution in [3.8, 4) is 0 Å². The zero-order valence-electron chi connectivity index (χ0n) is 10.6. The Morgan fingerprint density at radius 2 is 1.60 bits per heavy atom. The van der Waals surface area contributed by atoms with Crippen molar-refractivity contribution in [1.29, 1.82) is 0 Å². The van der Waals surface area contributed by atoms with Crippen LogP contribution < -0.4 is 0 Å². The minimum Gasteiger partial charge on any atom is -0.454 e. The Morgan fingerprint density at radius 3 is 2.15 bits per heavy atom. The van der Waals surface area contributed by atoms with E-state index in [4.69, 9.17) is 4.74 Å². The van der Waals surface area contributed by atoms with Gasteiger partial charge in [-0.25, -0.2) is 4.79 Å². The van der Waals surface area contributed by atoms with Crippen LogP contribution in [0.3, 0.4) is 0 Å². The molecule has 0 amide bonds. The fourth-order valence-corrected chi connectivity index (χ4v) is 1.77. The Morgan fingerprint density at radius 1 is 1.05 bits per heavy atom. The third-order valence-electron chi connectivity index (χ3n) is 2.82. The van der Waals surface area contributed by atoms with E-state index in [0.717, 1.165) is 0 Å². The molecule has 0 fully saturated rings. The van der Waals surface area contributed by atoms with Crippen molar-refractivity contribution in [3.63, 3.8) is 0 Å². The summed E-state index contributed by atoms with van der Waals surface area (Å²) in [6, 6.07) is 15.8. The molecule has 1 atom stereocenters. The van der Waals surface area contributed by atoms with Crippen LogP contribution in [-0.4, -0.2) is 17.5 Å². The topological polar surface area (TPSA) is 69.4 Å². The van der Waals surface area contributed by atoms with Crippen molar-refractivity contribution in [2.45, 2.75) is 6.04 Å². The van der Waals surface area contributed by atoms with E-state index in [1.165, 1.54) is 0 Å². The number of benzene rings is 2. The second-order valence-electron chi connectivity index (χ2n) is 4.18. The monoisotopic (exact) mass is 271 g/mol. The average Bonchev–Trinajstić information content (AvgIpc) is 2.49. The number of carbonyl (C=O) groups excluding carboxylic acids is 1. The molecule has 1 unspecified atom stereocenters.